The standard InChI is InChI=1S/C51H72Cl2O18/c1-12-29-22-25(5)32(55)18-16-15-17-30(23-65-49-44(64-11)40(59)43(28(8)66-49)69-48(63)35-31(13-2)36(52)39(58)37(53)38(35)57)47(62)67-33(27(7)54)20-19-24(4)21-26(6)42(29)70-50-45(68-34(56)14-3)41(60)46(61)51(9,10)71-50/h15-17,19,21-22,27-29,32-33,40-46,49-50,54-55,57-61H,12-14,18,20,23H2,1-11H3/b16-15+,24-19+,25-22+,26-21+,30-17+/t27?,28-,29?,32?,33?,40+,41+,42?,43-,44+,45-,46-,49-,50+/m0/s1. The van der Waals surface area contributed by atoms with E-state index in [0.717, 1.165) is 0 Å². The van der Waals surface area contributed by atoms with Gasteiger partial charge in [-0.15, -0.1) is 0 Å². The topological polar surface area (TPSA) is 267 Å². The fourth-order valence-electron chi connectivity index (χ4n) is 8.49. The van der Waals surface area contributed by atoms with Crippen LogP contribution in [0.3, 0.4) is 0 Å². The van der Waals surface area contributed by atoms with Crippen LogP contribution in [-0.4, -0.2) is 153 Å². The minimum absolute atomic E-state index is 0.00478. The Morgan fingerprint density at radius 2 is 1.59 bits per heavy atom. The molecule has 14 atom stereocenters. The summed E-state index contributed by atoms with van der Waals surface area (Å²) in [5.74, 6) is -4.37. The van der Waals surface area contributed by atoms with Crippen molar-refractivity contribution >= 4 is 41.1 Å². The van der Waals surface area contributed by atoms with Gasteiger partial charge in [0, 0.05) is 25.9 Å². The number of hydrogen-bond acceptors (Lipinski definition) is 18. The lowest BCUT2D eigenvalue weighted by molar-refractivity contribution is -0.333. The third-order valence-corrected chi connectivity index (χ3v) is 13.6. The maximum atomic E-state index is 14.0. The summed E-state index contributed by atoms with van der Waals surface area (Å²) in [6.07, 6.45) is -5.38. The molecule has 0 amide bonds. The minimum atomic E-state index is -1.57. The van der Waals surface area contributed by atoms with Crippen LogP contribution in [0, 0.1) is 5.92 Å². The van der Waals surface area contributed by atoms with Gasteiger partial charge in [-0.2, -0.15) is 0 Å². The van der Waals surface area contributed by atoms with E-state index in [-0.39, 0.29) is 41.8 Å². The van der Waals surface area contributed by atoms with Crippen molar-refractivity contribution in [1.82, 2.24) is 0 Å². The lowest BCUT2D eigenvalue weighted by atomic mass is 9.88. The molecule has 1 aromatic carbocycles. The number of phenolic OH excluding ortho intramolecular Hbond substituents is 2. The molecule has 0 aromatic heterocycles. The van der Waals surface area contributed by atoms with Crippen molar-refractivity contribution in [3.8, 4) is 11.5 Å². The zero-order valence-corrected chi connectivity index (χ0v) is 43.7. The average molecular weight is 1040 g/mol. The molecule has 0 spiro atoms. The van der Waals surface area contributed by atoms with E-state index in [2.05, 4.69) is 0 Å². The molecule has 3 aliphatic rings. The number of allylic oxidation sites excluding steroid dienone is 4. The first kappa shape index (κ1) is 59.7. The zero-order valence-electron chi connectivity index (χ0n) is 42.2. The molecule has 1 aromatic rings. The van der Waals surface area contributed by atoms with Crippen LogP contribution in [0.1, 0.15) is 111 Å². The van der Waals surface area contributed by atoms with Gasteiger partial charge in [-0.1, -0.05) is 79.9 Å². The van der Waals surface area contributed by atoms with Gasteiger partial charge in [0.15, 0.2) is 36.3 Å². The average Bonchev–Trinajstić information content (AvgIpc) is 3.32. The van der Waals surface area contributed by atoms with E-state index in [1.807, 2.05) is 32.9 Å². The van der Waals surface area contributed by atoms with Gasteiger partial charge in [0.1, 0.15) is 41.1 Å². The molecule has 2 saturated heterocycles. The van der Waals surface area contributed by atoms with Crippen molar-refractivity contribution in [2.75, 3.05) is 13.7 Å². The van der Waals surface area contributed by atoms with Gasteiger partial charge < -0.3 is 73.6 Å². The number of ether oxygens (including phenoxy) is 8. The third kappa shape index (κ3) is 14.7. The number of esters is 3. The Bertz CT molecular complexity index is 2180. The largest absolute Gasteiger partial charge is 0.505 e. The van der Waals surface area contributed by atoms with Gasteiger partial charge in [-0.05, 0) is 90.5 Å². The molecular weight excluding hydrogens is 971 g/mol. The summed E-state index contributed by atoms with van der Waals surface area (Å²) < 4.78 is 47.6. The van der Waals surface area contributed by atoms with Crippen LogP contribution in [0.2, 0.25) is 10.0 Å². The summed E-state index contributed by atoms with van der Waals surface area (Å²) in [7, 11) is 1.26. The molecule has 2 fully saturated rings. The Morgan fingerprint density at radius 1 is 0.915 bits per heavy atom. The smallest absolute Gasteiger partial charge is 0.342 e. The number of cyclic esters (lactones) is 1. The molecule has 20 heteroatoms. The van der Waals surface area contributed by atoms with Crippen LogP contribution in [0.5, 0.6) is 11.5 Å². The highest BCUT2D eigenvalue weighted by molar-refractivity contribution is 6.39. The van der Waals surface area contributed by atoms with Gasteiger partial charge in [0.05, 0.1) is 47.2 Å². The van der Waals surface area contributed by atoms with E-state index in [1.165, 1.54) is 33.1 Å². The van der Waals surface area contributed by atoms with Crippen molar-refractivity contribution in [2.24, 2.45) is 5.92 Å². The highest BCUT2D eigenvalue weighted by Crippen LogP contribution is 2.45. The van der Waals surface area contributed by atoms with Crippen LogP contribution in [0.15, 0.2) is 58.7 Å². The Labute approximate surface area is 425 Å². The lowest BCUT2D eigenvalue weighted by Crippen LogP contribution is -2.64. The fourth-order valence-corrected chi connectivity index (χ4v) is 9.05. The highest BCUT2D eigenvalue weighted by Gasteiger charge is 2.52. The molecular formula is C51H72Cl2O18. The number of aliphatic hydroxyl groups is 5. The predicted molar refractivity (Wildman–Crippen MR) is 261 cm³/mol. The number of hydrogen-bond donors (Lipinski definition) is 7. The Morgan fingerprint density at radius 3 is 2.20 bits per heavy atom. The van der Waals surface area contributed by atoms with Crippen LogP contribution in [0.4, 0.5) is 0 Å². The number of benzene rings is 1. The van der Waals surface area contributed by atoms with Crippen molar-refractivity contribution in [2.45, 2.75) is 187 Å². The SMILES string of the molecule is CCC(=O)O[C@@H]1[C@H](OC2/C(C)=C/C(C)=C/CC(C(C)O)OC(=O)/C(CO[C@H]3O[C@@H](C)[C@H](OC(=O)c4c(O)c(Cl)c(O)c(Cl)c4CC)[C@@H](O)[C@H]3OC)=C/C=C/CC(O)/C(C)=C/C2CC)OC(C)(C)[C@@H](O)[C@@H]1O. The summed E-state index contributed by atoms with van der Waals surface area (Å²) in [6.45, 7) is 16.3. The van der Waals surface area contributed by atoms with Gasteiger partial charge in [-0.3, -0.25) is 4.79 Å². The molecule has 0 bridgehead atoms. The number of methoxy groups -OCH3 is 1. The van der Waals surface area contributed by atoms with E-state index in [9.17, 15) is 50.1 Å². The fraction of sp³-hybridized carbons (Fsp3) is 0.627. The van der Waals surface area contributed by atoms with Crippen LogP contribution in [0.25, 0.3) is 0 Å². The summed E-state index contributed by atoms with van der Waals surface area (Å²) in [5.41, 5.74) is 0.292. The first-order valence-corrected chi connectivity index (χ1v) is 24.5. The number of phenols is 2. The second kappa shape index (κ2) is 26.4. The quantitative estimate of drug-likeness (QED) is 0.0680. The Balaban J connectivity index is 1.63. The maximum absolute atomic E-state index is 14.0. The minimum Gasteiger partial charge on any atom is -0.505 e. The van der Waals surface area contributed by atoms with Crippen LogP contribution >= 0.6 is 23.2 Å². The van der Waals surface area contributed by atoms with Gasteiger partial charge >= 0.3 is 17.9 Å². The maximum Gasteiger partial charge on any atom is 0.342 e. The number of aromatic hydroxyl groups is 2. The molecule has 4 rings (SSSR count). The van der Waals surface area contributed by atoms with Crippen LogP contribution < -0.4 is 0 Å². The van der Waals surface area contributed by atoms with Gasteiger partial charge in [0.25, 0.3) is 0 Å². The van der Waals surface area contributed by atoms with Crippen molar-refractivity contribution in [1.29, 1.82) is 0 Å². The first-order valence-electron chi connectivity index (χ1n) is 23.8. The molecule has 0 aliphatic carbocycles. The molecule has 398 valence electrons. The summed E-state index contributed by atoms with van der Waals surface area (Å²) in [4.78, 5) is 40.0. The summed E-state index contributed by atoms with van der Waals surface area (Å²) in [6, 6.07) is 0. The third-order valence-electron chi connectivity index (χ3n) is 12.8. The van der Waals surface area contributed by atoms with E-state index >= 15 is 0 Å². The Kier molecular flexibility index (Phi) is 22.2. The molecule has 3 aliphatic heterocycles. The molecule has 0 saturated carbocycles. The zero-order chi connectivity index (χ0) is 53.2. The van der Waals surface area contributed by atoms with E-state index in [4.69, 9.17) is 61.1 Å². The van der Waals surface area contributed by atoms with E-state index in [0.29, 0.717) is 23.1 Å². The van der Waals surface area contributed by atoms with Crippen LogP contribution in [-0.2, 0) is 53.9 Å². The van der Waals surface area contributed by atoms with E-state index in [1.54, 1.807) is 46.8 Å². The van der Waals surface area contributed by atoms with Crippen molar-refractivity contribution in [3.05, 3.63) is 79.9 Å². The monoisotopic (exact) mass is 1040 g/mol. The normalized spacial score (nSPS) is 35.1. The Hall–Kier alpha value is -3.89. The van der Waals surface area contributed by atoms with Crippen molar-refractivity contribution in [3.63, 3.8) is 0 Å². The predicted octanol–water partition coefficient (Wildman–Crippen LogP) is 5.99. The van der Waals surface area contributed by atoms with Crippen molar-refractivity contribution < 1.29 is 88.0 Å². The molecule has 0 radical (unpaired) electrons. The second-order valence-corrected chi connectivity index (χ2v) is 19.4. The lowest BCUT2D eigenvalue weighted by Gasteiger charge is -2.47. The summed E-state index contributed by atoms with van der Waals surface area (Å²) >= 11 is 12.3. The highest BCUT2D eigenvalue weighted by atomic mass is 35.5. The molecule has 5 unspecified atom stereocenters. The molecule has 71 heavy (non-hydrogen) atoms. The number of halogens is 2. The van der Waals surface area contributed by atoms with Gasteiger partial charge in [0.2, 0.25) is 0 Å². The number of carbonyl (C=O) groups is 3. The molecule has 3 heterocycles. The summed E-state index contributed by atoms with van der Waals surface area (Å²) in [5, 5.41) is 75.9. The number of carbonyl (C=O) groups excluding carboxylic acids is 3. The number of aliphatic hydroxyl groups excluding tert-OH is 5. The van der Waals surface area contributed by atoms with E-state index < -0.39 is 138 Å². The molecule has 7 N–H and O–H groups in total. The second-order valence-electron chi connectivity index (χ2n) is 18.6. The number of rotatable bonds is 13. The first-order chi connectivity index (χ1) is 33.3. The van der Waals surface area contributed by atoms with Gasteiger partial charge in [-0.25, -0.2) is 9.59 Å². The molecule has 18 nitrogen and oxygen atoms in total.